The molecule has 1 amide bonds. The summed E-state index contributed by atoms with van der Waals surface area (Å²) in [6.07, 6.45) is 1.36. The number of carbonyl (C=O) groups is 1. The van der Waals surface area contributed by atoms with Crippen molar-refractivity contribution >= 4 is 15.7 Å². The summed E-state index contributed by atoms with van der Waals surface area (Å²) < 4.78 is 37.0. The molecule has 7 heteroatoms. The molecule has 0 N–H and O–H groups in total. The molecule has 0 aliphatic rings. The maximum atomic E-state index is 12.8. The second-order valence-corrected chi connectivity index (χ2v) is 6.74. The highest BCUT2D eigenvalue weighted by atomic mass is 32.2. The van der Waals surface area contributed by atoms with Crippen molar-refractivity contribution in [1.82, 2.24) is 9.88 Å². The number of rotatable bonds is 5. The molecule has 1 heterocycles. The lowest BCUT2D eigenvalue weighted by molar-refractivity contribution is -0.127. The fourth-order valence-corrected chi connectivity index (χ4v) is 3.03. The Balaban J connectivity index is 2.04. The minimum atomic E-state index is -3.77. The molecule has 0 aliphatic heterocycles. The number of aromatic nitrogens is 1. The van der Waals surface area contributed by atoms with Crippen LogP contribution in [0.2, 0.25) is 0 Å². The molecule has 1 aromatic heterocycles. The van der Waals surface area contributed by atoms with Crippen molar-refractivity contribution in [2.75, 3.05) is 12.8 Å². The Labute approximate surface area is 128 Å². The van der Waals surface area contributed by atoms with Gasteiger partial charge in [0.25, 0.3) is 0 Å². The van der Waals surface area contributed by atoms with Crippen LogP contribution in [0.1, 0.15) is 5.56 Å². The molecule has 0 atom stereocenters. The monoisotopic (exact) mass is 322 g/mol. The van der Waals surface area contributed by atoms with Crippen LogP contribution in [-0.4, -0.2) is 37.0 Å². The van der Waals surface area contributed by atoms with Gasteiger partial charge in [-0.15, -0.1) is 0 Å². The molecule has 0 radical (unpaired) electrons. The van der Waals surface area contributed by atoms with Crippen LogP contribution in [0, 0.1) is 5.82 Å². The van der Waals surface area contributed by atoms with Gasteiger partial charge < -0.3 is 4.90 Å². The second-order valence-electron chi connectivity index (χ2n) is 4.80. The molecular formula is C15H15FN2O3S. The first kappa shape index (κ1) is 16.1. The van der Waals surface area contributed by atoms with Crippen molar-refractivity contribution in [3.05, 3.63) is 60.0 Å². The second kappa shape index (κ2) is 6.65. The summed E-state index contributed by atoms with van der Waals surface area (Å²) in [4.78, 5) is 17.1. The van der Waals surface area contributed by atoms with Crippen molar-refractivity contribution in [2.24, 2.45) is 0 Å². The summed E-state index contributed by atoms with van der Waals surface area (Å²) in [7, 11) is -2.27. The Morgan fingerprint density at radius 2 is 1.86 bits per heavy atom. The lowest BCUT2D eigenvalue weighted by Gasteiger charge is -2.17. The molecule has 0 fully saturated rings. The van der Waals surface area contributed by atoms with Crippen LogP contribution in [0.5, 0.6) is 0 Å². The third-order valence-electron chi connectivity index (χ3n) is 3.03. The molecule has 116 valence electrons. The number of halogens is 1. The van der Waals surface area contributed by atoms with Crippen molar-refractivity contribution < 1.29 is 17.6 Å². The van der Waals surface area contributed by atoms with Crippen LogP contribution in [0.4, 0.5) is 4.39 Å². The van der Waals surface area contributed by atoms with Gasteiger partial charge in [0.05, 0.1) is 0 Å². The molecule has 0 saturated heterocycles. The average Bonchev–Trinajstić information content (AvgIpc) is 2.50. The lowest BCUT2D eigenvalue weighted by atomic mass is 10.2. The van der Waals surface area contributed by atoms with E-state index in [4.69, 9.17) is 0 Å². The first-order valence-corrected chi connectivity index (χ1v) is 8.16. The fraction of sp³-hybridized carbons (Fsp3) is 0.200. The average molecular weight is 322 g/mol. The third-order valence-corrected chi connectivity index (χ3v) is 4.53. The predicted octanol–water partition coefficient (Wildman–Crippen LogP) is 1.65. The number of sulfone groups is 1. The number of benzene rings is 1. The topological polar surface area (TPSA) is 67.3 Å². The zero-order chi connectivity index (χ0) is 16.2. The molecule has 5 nitrogen and oxygen atoms in total. The molecule has 1 aromatic carbocycles. The van der Waals surface area contributed by atoms with Gasteiger partial charge in [0, 0.05) is 19.8 Å². The standard InChI is InChI=1S/C15H15FN2O3S/c1-18(10-12-5-7-13(16)8-6-12)15(19)11-22(20,21)14-4-2-3-9-17-14/h2-9H,10-11H2,1H3. The maximum absolute atomic E-state index is 12.8. The van der Waals surface area contributed by atoms with E-state index < -0.39 is 21.5 Å². The number of nitrogens with zero attached hydrogens (tertiary/aromatic N) is 2. The highest BCUT2D eigenvalue weighted by Gasteiger charge is 2.22. The summed E-state index contributed by atoms with van der Waals surface area (Å²) >= 11 is 0. The maximum Gasteiger partial charge on any atom is 0.238 e. The van der Waals surface area contributed by atoms with E-state index in [1.807, 2.05) is 0 Å². The Bertz CT molecular complexity index is 746. The normalized spacial score (nSPS) is 11.2. The van der Waals surface area contributed by atoms with Crippen LogP contribution in [0.15, 0.2) is 53.7 Å². The fourth-order valence-electron chi connectivity index (χ4n) is 1.83. The molecule has 0 bridgehead atoms. The minimum absolute atomic E-state index is 0.126. The third kappa shape index (κ3) is 4.11. The van der Waals surface area contributed by atoms with Gasteiger partial charge in [-0.2, -0.15) is 0 Å². The van der Waals surface area contributed by atoms with Gasteiger partial charge in [0.2, 0.25) is 15.7 Å². The number of hydrogen-bond donors (Lipinski definition) is 0. The predicted molar refractivity (Wildman–Crippen MR) is 79.2 cm³/mol. The SMILES string of the molecule is CN(Cc1ccc(F)cc1)C(=O)CS(=O)(=O)c1ccccn1. The van der Waals surface area contributed by atoms with Crippen molar-refractivity contribution in [2.45, 2.75) is 11.6 Å². The van der Waals surface area contributed by atoms with Crippen LogP contribution < -0.4 is 0 Å². The van der Waals surface area contributed by atoms with Crippen LogP contribution in [0.3, 0.4) is 0 Å². The smallest absolute Gasteiger partial charge is 0.238 e. The summed E-state index contributed by atoms with van der Waals surface area (Å²) in [5.41, 5.74) is 0.715. The van der Waals surface area contributed by atoms with E-state index in [0.29, 0.717) is 5.56 Å². The highest BCUT2D eigenvalue weighted by molar-refractivity contribution is 7.92. The molecule has 2 aromatic rings. The molecule has 0 aliphatic carbocycles. The summed E-state index contributed by atoms with van der Waals surface area (Å²) in [5.74, 6) is -1.56. The zero-order valence-electron chi connectivity index (χ0n) is 11.9. The molecular weight excluding hydrogens is 307 g/mol. The van der Waals surface area contributed by atoms with Crippen LogP contribution in [0.25, 0.3) is 0 Å². The first-order chi connectivity index (χ1) is 10.4. The lowest BCUT2D eigenvalue weighted by Crippen LogP contribution is -2.32. The largest absolute Gasteiger partial charge is 0.341 e. The van der Waals surface area contributed by atoms with Gasteiger partial charge in [0.15, 0.2) is 5.03 Å². The Kier molecular flexibility index (Phi) is 4.87. The van der Waals surface area contributed by atoms with Gasteiger partial charge in [-0.1, -0.05) is 18.2 Å². The van der Waals surface area contributed by atoms with E-state index in [1.54, 1.807) is 24.3 Å². The summed E-state index contributed by atoms with van der Waals surface area (Å²) in [6.45, 7) is 0.205. The molecule has 0 spiro atoms. The van der Waals surface area contributed by atoms with Crippen LogP contribution >= 0.6 is 0 Å². The number of pyridine rings is 1. The van der Waals surface area contributed by atoms with Gasteiger partial charge in [-0.3, -0.25) is 4.79 Å². The Morgan fingerprint density at radius 3 is 2.45 bits per heavy atom. The van der Waals surface area contributed by atoms with Gasteiger partial charge in [-0.05, 0) is 29.8 Å². The quantitative estimate of drug-likeness (QED) is 0.839. The van der Waals surface area contributed by atoms with Gasteiger partial charge in [0.1, 0.15) is 11.6 Å². The Morgan fingerprint density at radius 1 is 1.18 bits per heavy atom. The molecule has 0 saturated carbocycles. The van der Waals surface area contributed by atoms with Crippen molar-refractivity contribution in [1.29, 1.82) is 0 Å². The highest BCUT2D eigenvalue weighted by Crippen LogP contribution is 2.10. The first-order valence-electron chi connectivity index (χ1n) is 6.51. The van der Waals surface area contributed by atoms with E-state index in [-0.39, 0.29) is 17.4 Å². The van der Waals surface area contributed by atoms with Crippen molar-refractivity contribution in [3.8, 4) is 0 Å². The molecule has 22 heavy (non-hydrogen) atoms. The molecule has 2 rings (SSSR count). The molecule has 0 unspecified atom stereocenters. The minimum Gasteiger partial charge on any atom is -0.341 e. The summed E-state index contributed by atoms with van der Waals surface area (Å²) in [6, 6.07) is 10.2. The van der Waals surface area contributed by atoms with Gasteiger partial charge in [-0.25, -0.2) is 17.8 Å². The van der Waals surface area contributed by atoms with Crippen LogP contribution in [-0.2, 0) is 21.2 Å². The van der Waals surface area contributed by atoms with E-state index in [2.05, 4.69) is 4.98 Å². The van der Waals surface area contributed by atoms with E-state index in [1.165, 1.54) is 36.3 Å². The zero-order valence-corrected chi connectivity index (χ0v) is 12.8. The number of carbonyl (C=O) groups excluding carboxylic acids is 1. The van der Waals surface area contributed by atoms with Crippen molar-refractivity contribution in [3.63, 3.8) is 0 Å². The Hall–Kier alpha value is -2.28. The number of amides is 1. The van der Waals surface area contributed by atoms with E-state index in [9.17, 15) is 17.6 Å². The van der Waals surface area contributed by atoms with Gasteiger partial charge >= 0.3 is 0 Å². The van der Waals surface area contributed by atoms with E-state index in [0.717, 1.165) is 0 Å². The summed E-state index contributed by atoms with van der Waals surface area (Å²) in [5, 5.41) is -0.126. The number of hydrogen-bond acceptors (Lipinski definition) is 4. The van der Waals surface area contributed by atoms with E-state index >= 15 is 0 Å².